The van der Waals surface area contributed by atoms with Crippen LogP contribution in [-0.4, -0.2) is 40.4 Å². The third-order valence-electron chi connectivity index (χ3n) is 4.81. The molecular formula is C18H12N8O4. The van der Waals surface area contributed by atoms with Crippen LogP contribution in [0.5, 0.6) is 5.75 Å². The number of fused-ring (bicyclic) bond motifs is 2. The Morgan fingerprint density at radius 2 is 1.97 bits per heavy atom. The molecule has 12 nitrogen and oxygen atoms in total. The summed E-state index contributed by atoms with van der Waals surface area (Å²) in [4.78, 5) is 23.1. The minimum absolute atomic E-state index is 0.0388. The second kappa shape index (κ2) is 6.48. The molecular weight excluding hydrogens is 392 g/mol. The summed E-state index contributed by atoms with van der Waals surface area (Å²) in [5, 5.41) is 42.1. The third kappa shape index (κ3) is 2.66. The van der Waals surface area contributed by atoms with Crippen molar-refractivity contribution in [1.82, 2.24) is 30.4 Å². The number of nitrogens with zero attached hydrogens (tertiary/aromatic N) is 6. The number of phenols is 1. The molecule has 2 aromatic carbocycles. The first-order valence-corrected chi connectivity index (χ1v) is 8.74. The van der Waals surface area contributed by atoms with E-state index in [0.717, 1.165) is 0 Å². The van der Waals surface area contributed by atoms with E-state index < -0.39 is 16.5 Å². The first-order chi connectivity index (χ1) is 14.5. The second-order valence-corrected chi connectivity index (χ2v) is 6.56. The molecule has 30 heavy (non-hydrogen) atoms. The number of phenolic OH excluding ortho intramolecular Hbond substituents is 1. The van der Waals surface area contributed by atoms with Gasteiger partial charge in [-0.1, -0.05) is 17.2 Å². The predicted octanol–water partition coefficient (Wildman–Crippen LogP) is 1.73. The summed E-state index contributed by atoms with van der Waals surface area (Å²) < 4.78 is 1.48. The van der Waals surface area contributed by atoms with Crippen LogP contribution in [0.1, 0.15) is 17.2 Å². The Balaban J connectivity index is 1.78. The summed E-state index contributed by atoms with van der Waals surface area (Å²) in [6.45, 7) is 0. The van der Waals surface area contributed by atoms with Crippen LogP contribution in [0.4, 0.5) is 17.3 Å². The summed E-state index contributed by atoms with van der Waals surface area (Å²) in [5.41, 5.74) is 1.70. The highest BCUT2D eigenvalue weighted by Crippen LogP contribution is 2.41. The highest BCUT2D eigenvalue weighted by atomic mass is 16.6. The highest BCUT2D eigenvalue weighted by molar-refractivity contribution is 5.75. The Morgan fingerprint density at radius 1 is 1.17 bits per heavy atom. The number of nitro groups is 1. The zero-order valence-electron chi connectivity index (χ0n) is 15.1. The minimum Gasteiger partial charge on any atom is -0.508 e. The van der Waals surface area contributed by atoms with Crippen molar-refractivity contribution in [2.75, 3.05) is 5.32 Å². The van der Waals surface area contributed by atoms with Gasteiger partial charge in [-0.05, 0) is 40.3 Å². The molecule has 0 amide bonds. The van der Waals surface area contributed by atoms with Crippen LogP contribution in [0.25, 0.3) is 11.3 Å². The van der Waals surface area contributed by atoms with Crippen LogP contribution < -0.4 is 10.9 Å². The predicted molar refractivity (Wildman–Crippen MR) is 103 cm³/mol. The van der Waals surface area contributed by atoms with E-state index in [4.69, 9.17) is 0 Å². The average molecular weight is 404 g/mol. The van der Waals surface area contributed by atoms with Crippen molar-refractivity contribution in [3.8, 4) is 17.0 Å². The van der Waals surface area contributed by atoms with Gasteiger partial charge in [0.05, 0.1) is 10.6 Å². The minimum atomic E-state index is -0.668. The van der Waals surface area contributed by atoms with Gasteiger partial charge in [0.1, 0.15) is 17.5 Å². The number of non-ortho nitro benzene ring substituents is 1. The van der Waals surface area contributed by atoms with Crippen LogP contribution in [0.3, 0.4) is 0 Å². The molecule has 1 atom stereocenters. The lowest BCUT2D eigenvalue weighted by molar-refractivity contribution is -0.384. The molecule has 0 spiro atoms. The molecule has 12 heteroatoms. The zero-order valence-corrected chi connectivity index (χ0v) is 15.1. The van der Waals surface area contributed by atoms with Gasteiger partial charge >= 0.3 is 0 Å². The van der Waals surface area contributed by atoms with Crippen molar-refractivity contribution in [3.05, 3.63) is 80.1 Å². The quantitative estimate of drug-likeness (QED) is 0.300. The van der Waals surface area contributed by atoms with E-state index in [1.54, 1.807) is 30.3 Å². The smallest absolute Gasteiger partial charge is 0.288 e. The maximum atomic E-state index is 12.6. The van der Waals surface area contributed by atoms with E-state index in [1.165, 1.54) is 22.9 Å². The van der Waals surface area contributed by atoms with Gasteiger partial charge in [0, 0.05) is 23.3 Å². The van der Waals surface area contributed by atoms with Crippen LogP contribution in [0, 0.1) is 10.1 Å². The number of aromatic nitrogens is 6. The molecule has 4 aromatic rings. The van der Waals surface area contributed by atoms with Crippen molar-refractivity contribution in [1.29, 1.82) is 0 Å². The van der Waals surface area contributed by atoms with Gasteiger partial charge in [-0.2, -0.15) is 9.78 Å². The maximum Gasteiger partial charge on any atom is 0.288 e. The molecule has 2 aromatic heterocycles. The van der Waals surface area contributed by atoms with E-state index in [2.05, 4.69) is 31.0 Å². The molecule has 148 valence electrons. The highest BCUT2D eigenvalue weighted by Gasteiger charge is 2.34. The third-order valence-corrected chi connectivity index (χ3v) is 4.81. The van der Waals surface area contributed by atoms with E-state index in [9.17, 15) is 20.0 Å². The molecule has 0 radical (unpaired) electrons. The number of benzene rings is 2. The van der Waals surface area contributed by atoms with Gasteiger partial charge < -0.3 is 10.4 Å². The molecule has 0 bridgehead atoms. The van der Waals surface area contributed by atoms with Gasteiger partial charge in [0.25, 0.3) is 11.2 Å². The number of anilines is 2. The lowest BCUT2D eigenvalue weighted by Gasteiger charge is -2.27. The van der Waals surface area contributed by atoms with Crippen molar-refractivity contribution < 1.29 is 10.0 Å². The van der Waals surface area contributed by atoms with Gasteiger partial charge in [-0.25, -0.2) is 5.10 Å². The molecule has 3 heterocycles. The maximum absolute atomic E-state index is 12.6. The lowest BCUT2D eigenvalue weighted by Crippen LogP contribution is -2.29. The molecule has 0 aliphatic carbocycles. The molecule has 5 rings (SSSR count). The monoisotopic (exact) mass is 404 g/mol. The Morgan fingerprint density at radius 3 is 2.70 bits per heavy atom. The number of rotatable bonds is 3. The number of H-pyrrole nitrogens is 1. The fraction of sp³-hybridized carbons (Fsp3) is 0.0556. The molecule has 0 saturated heterocycles. The van der Waals surface area contributed by atoms with E-state index in [1.807, 2.05) is 0 Å². The molecule has 0 unspecified atom stereocenters. The first kappa shape index (κ1) is 17.5. The number of nitro benzene ring substituents is 1. The summed E-state index contributed by atoms with van der Waals surface area (Å²) in [5.74, 6) is 0.291. The SMILES string of the molecule is O=c1[nH]nc(-c2ccc([N+](=O)[O-])cc2)c2c1Nc1nnnn1[C@@H]2c1cccc(O)c1. The summed E-state index contributed by atoms with van der Waals surface area (Å²) in [6.07, 6.45) is 0. The summed E-state index contributed by atoms with van der Waals surface area (Å²) >= 11 is 0. The van der Waals surface area contributed by atoms with Crippen molar-refractivity contribution in [2.45, 2.75) is 6.04 Å². The van der Waals surface area contributed by atoms with Gasteiger partial charge in [0.15, 0.2) is 0 Å². The number of tetrazole rings is 1. The molecule has 3 N–H and O–H groups in total. The molecule has 1 aliphatic heterocycles. The van der Waals surface area contributed by atoms with Crippen molar-refractivity contribution in [2.24, 2.45) is 0 Å². The molecule has 0 fully saturated rings. The van der Waals surface area contributed by atoms with E-state index >= 15 is 0 Å². The lowest BCUT2D eigenvalue weighted by atomic mass is 9.92. The van der Waals surface area contributed by atoms with Crippen LogP contribution in [0.2, 0.25) is 0 Å². The van der Waals surface area contributed by atoms with Gasteiger partial charge in [0.2, 0.25) is 5.95 Å². The standard InChI is InChI=1S/C18H12N8O4/c27-12-3-1-2-10(8-12)16-13-14(9-4-6-11(7-5-9)26(29)30)20-21-17(28)15(13)19-18-22-23-24-25(16)18/h1-8,16,27H,(H,21,28)(H,19,22,24)/t16-/m1/s1. The second-order valence-electron chi connectivity index (χ2n) is 6.56. The Kier molecular flexibility index (Phi) is 3.78. The van der Waals surface area contributed by atoms with Crippen LogP contribution in [-0.2, 0) is 0 Å². The summed E-state index contributed by atoms with van der Waals surface area (Å²) in [7, 11) is 0. The first-order valence-electron chi connectivity index (χ1n) is 8.74. The fourth-order valence-electron chi connectivity index (χ4n) is 3.50. The van der Waals surface area contributed by atoms with Crippen molar-refractivity contribution >= 4 is 17.3 Å². The Hall–Kier alpha value is -4.61. The van der Waals surface area contributed by atoms with Gasteiger partial charge in [-0.3, -0.25) is 14.9 Å². The Labute approximate surface area is 167 Å². The average Bonchev–Trinajstić information content (AvgIpc) is 3.21. The number of aromatic hydroxyl groups is 1. The largest absolute Gasteiger partial charge is 0.508 e. The summed E-state index contributed by atoms with van der Waals surface area (Å²) in [6, 6.07) is 11.7. The fourth-order valence-corrected chi connectivity index (χ4v) is 3.50. The normalized spacial score (nSPS) is 14.5. The van der Waals surface area contributed by atoms with Gasteiger partial charge in [-0.15, -0.1) is 0 Å². The van der Waals surface area contributed by atoms with E-state index in [-0.39, 0.29) is 23.1 Å². The van der Waals surface area contributed by atoms with Crippen LogP contribution in [0.15, 0.2) is 53.3 Å². The molecule has 1 aliphatic rings. The van der Waals surface area contributed by atoms with E-state index in [0.29, 0.717) is 22.4 Å². The topological polar surface area (TPSA) is 165 Å². The number of aromatic amines is 1. The molecule has 0 saturated carbocycles. The number of nitrogens with one attached hydrogen (secondary N) is 2. The number of hydrogen-bond donors (Lipinski definition) is 3. The zero-order chi connectivity index (χ0) is 20.8. The Bertz CT molecular complexity index is 1350. The van der Waals surface area contributed by atoms with Crippen molar-refractivity contribution in [3.63, 3.8) is 0 Å². The number of hydrogen-bond acceptors (Lipinski definition) is 9. The van der Waals surface area contributed by atoms with Crippen LogP contribution >= 0.6 is 0 Å².